The second-order valence-corrected chi connectivity index (χ2v) is 3.43. The van der Waals surface area contributed by atoms with E-state index in [2.05, 4.69) is 20.0 Å². The van der Waals surface area contributed by atoms with E-state index < -0.39 is 0 Å². The van der Waals surface area contributed by atoms with E-state index in [-0.39, 0.29) is 12.1 Å². The van der Waals surface area contributed by atoms with Crippen LogP contribution in [0.25, 0.3) is 0 Å². The van der Waals surface area contributed by atoms with Crippen LogP contribution in [0.3, 0.4) is 0 Å². The predicted octanol–water partition coefficient (Wildman–Crippen LogP) is 1.48. The molecule has 3 aliphatic rings. The van der Waals surface area contributed by atoms with Gasteiger partial charge in [0.1, 0.15) is 18.5 Å². The first-order chi connectivity index (χ1) is 7.40. The van der Waals surface area contributed by atoms with Gasteiger partial charge in [-0.05, 0) is 12.2 Å². The number of aliphatic imine (C=N–C) groups is 4. The summed E-state index contributed by atoms with van der Waals surface area (Å²) in [5.41, 5.74) is 0. The van der Waals surface area contributed by atoms with Crippen molar-refractivity contribution < 1.29 is 3.89 Å². The Morgan fingerprint density at radius 1 is 1.13 bits per heavy atom. The second-order valence-electron chi connectivity index (χ2n) is 2.84. The maximum Gasteiger partial charge on any atom is 0.240 e. The smallest absolute Gasteiger partial charge is 0.240 e. The summed E-state index contributed by atoms with van der Waals surface area (Å²) in [5.74, 6) is 1.58. The van der Waals surface area contributed by atoms with Crippen LogP contribution in [0.1, 0.15) is 0 Å². The zero-order valence-electron chi connectivity index (χ0n) is 7.33. The third kappa shape index (κ3) is 1.16. The fraction of sp³-hybridized carbons (Fsp3) is 0. The highest BCUT2D eigenvalue weighted by molar-refractivity contribution is 7.99. The van der Waals surface area contributed by atoms with Gasteiger partial charge in [-0.15, -0.1) is 0 Å². The molecule has 74 valence electrons. The molecule has 3 aliphatic heterocycles. The van der Waals surface area contributed by atoms with Crippen LogP contribution < -0.4 is 0 Å². The molecule has 0 amide bonds. The number of allylic oxidation sites excluding steroid dienone is 2. The van der Waals surface area contributed by atoms with E-state index in [1.807, 2.05) is 0 Å². The molecule has 0 radical (unpaired) electrons. The number of amidine groups is 1. The van der Waals surface area contributed by atoms with Crippen molar-refractivity contribution >= 4 is 36.6 Å². The van der Waals surface area contributed by atoms with Crippen LogP contribution in [0.5, 0.6) is 0 Å². The second kappa shape index (κ2) is 3.13. The Bertz CT molecular complexity index is 499. The molecule has 0 aliphatic carbocycles. The molecule has 0 N–H and O–H groups in total. The molecule has 0 aromatic heterocycles. The van der Waals surface area contributed by atoms with Gasteiger partial charge in [0.15, 0.2) is 5.84 Å². The molecular weight excluding hydrogens is 217 g/mol. The van der Waals surface area contributed by atoms with Crippen molar-refractivity contribution in [3.8, 4) is 0 Å². The minimum absolute atomic E-state index is 0.146. The zero-order valence-corrected chi connectivity index (χ0v) is 8.15. The maximum atomic E-state index is 12.6. The number of hydrogen-bond donors (Lipinski definition) is 0. The lowest BCUT2D eigenvalue weighted by atomic mass is 10.3. The molecule has 7 heteroatoms. The first-order valence-corrected chi connectivity index (χ1v) is 4.83. The molecule has 0 fully saturated rings. The number of nitrogens with zero attached hydrogens (tertiary/aromatic N) is 5. The van der Waals surface area contributed by atoms with Crippen molar-refractivity contribution in [1.29, 1.82) is 0 Å². The van der Waals surface area contributed by atoms with Gasteiger partial charge in [-0.2, -0.15) is 3.89 Å². The molecule has 0 unspecified atom stereocenters. The largest absolute Gasteiger partial charge is 0.245 e. The first kappa shape index (κ1) is 8.54. The number of rotatable bonds is 1. The molecule has 0 aromatic rings. The highest BCUT2D eigenvalue weighted by Crippen LogP contribution is 2.29. The Kier molecular flexibility index (Phi) is 1.78. The summed E-state index contributed by atoms with van der Waals surface area (Å²) in [5, 5.41) is 0. The van der Waals surface area contributed by atoms with E-state index in [1.54, 1.807) is 17.1 Å². The molecule has 3 rings (SSSR count). The zero-order chi connectivity index (χ0) is 10.3. The fourth-order valence-corrected chi connectivity index (χ4v) is 1.75. The first-order valence-electron chi connectivity index (χ1n) is 4.12. The minimum Gasteiger partial charge on any atom is -0.245 e. The highest BCUT2D eigenvalue weighted by Gasteiger charge is 2.30. The minimum atomic E-state index is 0.146. The Hall–Kier alpha value is -1.76. The van der Waals surface area contributed by atoms with Crippen LogP contribution >= 0.6 is 12.1 Å². The summed E-state index contributed by atoms with van der Waals surface area (Å²) in [7, 11) is 0. The summed E-state index contributed by atoms with van der Waals surface area (Å²) in [6.45, 7) is 0. The fourth-order valence-electron chi connectivity index (χ4n) is 1.42. The standard InChI is InChI=1S/C8H4FN5S/c9-15-5-1-2-6-10-3-12-8-13-4-11-7(5)14(6)8/h1-4H. The van der Waals surface area contributed by atoms with E-state index in [4.69, 9.17) is 0 Å². The van der Waals surface area contributed by atoms with Gasteiger partial charge >= 0.3 is 0 Å². The Morgan fingerprint density at radius 3 is 2.87 bits per heavy atom. The van der Waals surface area contributed by atoms with E-state index in [0.29, 0.717) is 22.5 Å². The molecular formula is C8H4FN5S. The highest BCUT2D eigenvalue weighted by atomic mass is 32.2. The lowest BCUT2D eigenvalue weighted by Crippen LogP contribution is -2.40. The van der Waals surface area contributed by atoms with Crippen molar-refractivity contribution in [3.05, 3.63) is 22.9 Å². The summed E-state index contributed by atoms with van der Waals surface area (Å²) in [6.07, 6.45) is 6.11. The van der Waals surface area contributed by atoms with Crippen molar-refractivity contribution in [3.63, 3.8) is 0 Å². The molecule has 0 saturated heterocycles. The maximum absolute atomic E-state index is 12.6. The molecule has 3 heterocycles. The molecule has 0 bridgehead atoms. The van der Waals surface area contributed by atoms with Crippen LogP contribution in [0.2, 0.25) is 0 Å². The molecule has 0 spiro atoms. The van der Waals surface area contributed by atoms with E-state index in [1.165, 1.54) is 12.7 Å². The number of halogens is 1. The van der Waals surface area contributed by atoms with E-state index >= 15 is 0 Å². The molecule has 5 nitrogen and oxygen atoms in total. The summed E-state index contributed by atoms with van der Waals surface area (Å²) in [6, 6.07) is 0. The Morgan fingerprint density at radius 2 is 2.00 bits per heavy atom. The monoisotopic (exact) mass is 221 g/mol. The van der Waals surface area contributed by atoms with E-state index in [9.17, 15) is 3.89 Å². The normalized spacial score (nSPS) is 21.5. The topological polar surface area (TPSA) is 52.7 Å². The van der Waals surface area contributed by atoms with Crippen LogP contribution in [0.15, 0.2) is 42.8 Å². The quantitative estimate of drug-likeness (QED) is 0.673. The van der Waals surface area contributed by atoms with Gasteiger partial charge in [-0.1, -0.05) is 0 Å². The van der Waals surface area contributed by atoms with Gasteiger partial charge in [-0.3, -0.25) is 0 Å². The summed E-state index contributed by atoms with van der Waals surface area (Å²) in [4.78, 5) is 18.0. The van der Waals surface area contributed by atoms with Gasteiger partial charge in [0.25, 0.3) is 0 Å². The molecule has 0 aromatic carbocycles. The lowest BCUT2D eigenvalue weighted by molar-refractivity contribution is 0.713. The van der Waals surface area contributed by atoms with Crippen molar-refractivity contribution in [2.75, 3.05) is 0 Å². The third-order valence-electron chi connectivity index (χ3n) is 2.04. The van der Waals surface area contributed by atoms with Crippen LogP contribution in [0.4, 0.5) is 3.89 Å². The van der Waals surface area contributed by atoms with Gasteiger partial charge < -0.3 is 0 Å². The van der Waals surface area contributed by atoms with Gasteiger partial charge in [0, 0.05) is 0 Å². The van der Waals surface area contributed by atoms with Crippen molar-refractivity contribution in [1.82, 2.24) is 4.90 Å². The van der Waals surface area contributed by atoms with Crippen LogP contribution in [-0.4, -0.2) is 29.4 Å². The van der Waals surface area contributed by atoms with Crippen molar-refractivity contribution in [2.45, 2.75) is 0 Å². The van der Waals surface area contributed by atoms with Crippen molar-refractivity contribution in [2.24, 2.45) is 20.0 Å². The summed E-state index contributed by atoms with van der Waals surface area (Å²) < 4.78 is 12.6. The van der Waals surface area contributed by atoms with Crippen LogP contribution in [0, 0.1) is 0 Å². The molecule has 15 heavy (non-hydrogen) atoms. The van der Waals surface area contributed by atoms with Crippen LogP contribution in [-0.2, 0) is 0 Å². The van der Waals surface area contributed by atoms with Gasteiger partial charge in [0.2, 0.25) is 5.96 Å². The summed E-state index contributed by atoms with van der Waals surface area (Å²) >= 11 is 0.146. The number of guanidine groups is 1. The Labute approximate surface area is 88.8 Å². The van der Waals surface area contributed by atoms with Gasteiger partial charge in [0.05, 0.1) is 17.1 Å². The molecule has 0 atom stereocenters. The average Bonchev–Trinajstić information content (AvgIpc) is 2.30. The Balaban J connectivity index is 2.19. The third-order valence-corrected chi connectivity index (χ3v) is 2.53. The average molecular weight is 221 g/mol. The molecule has 0 saturated carbocycles. The van der Waals surface area contributed by atoms with Gasteiger partial charge in [-0.25, -0.2) is 24.9 Å². The van der Waals surface area contributed by atoms with E-state index in [0.717, 1.165) is 0 Å². The lowest BCUT2D eigenvalue weighted by Gasteiger charge is -2.30. The SMILES string of the molecule is FSC1=CC=C2N=CN=C3N=CN=C1N23. The number of hydrogen-bond acceptors (Lipinski definition) is 6. The predicted molar refractivity (Wildman–Crippen MR) is 58.6 cm³/mol.